The maximum Gasteiger partial charge on any atom is 0.243 e. The molecule has 31 heavy (non-hydrogen) atoms. The molecule has 0 radical (unpaired) electrons. The van der Waals surface area contributed by atoms with Gasteiger partial charge in [0, 0.05) is 29.7 Å². The quantitative estimate of drug-likeness (QED) is 0.648. The van der Waals surface area contributed by atoms with Gasteiger partial charge >= 0.3 is 0 Å². The summed E-state index contributed by atoms with van der Waals surface area (Å²) in [4.78, 5) is 12.6. The Balaban J connectivity index is 1.44. The summed E-state index contributed by atoms with van der Waals surface area (Å²) in [6.07, 6.45) is 1.08. The van der Waals surface area contributed by atoms with E-state index in [2.05, 4.69) is 5.32 Å². The van der Waals surface area contributed by atoms with Crippen LogP contribution in [0.3, 0.4) is 0 Å². The highest BCUT2D eigenvalue weighted by Gasteiger charge is 2.32. The molecule has 1 aliphatic rings. The molecule has 1 saturated heterocycles. The number of sulfonamides is 1. The number of hydrogen-bond acceptors (Lipinski definition) is 5. The van der Waals surface area contributed by atoms with Crippen LogP contribution in [0.5, 0.6) is 0 Å². The first-order valence-corrected chi connectivity index (χ1v) is 11.4. The first-order valence-electron chi connectivity index (χ1n) is 9.93. The lowest BCUT2D eigenvalue weighted by atomic mass is 10.1. The zero-order valence-electron chi connectivity index (χ0n) is 17.2. The van der Waals surface area contributed by atoms with Crippen LogP contribution in [0.2, 0.25) is 0 Å². The predicted molar refractivity (Wildman–Crippen MR) is 114 cm³/mol. The smallest absolute Gasteiger partial charge is 0.243 e. The number of fused-ring (bicyclic) bond motifs is 1. The minimum atomic E-state index is -3.65. The number of morpholine rings is 1. The molecule has 2 atom stereocenters. The molecule has 1 aromatic heterocycles. The number of anilines is 1. The Morgan fingerprint density at radius 2 is 1.81 bits per heavy atom. The van der Waals surface area contributed by atoms with Crippen molar-refractivity contribution in [1.29, 1.82) is 0 Å². The van der Waals surface area contributed by atoms with E-state index in [-0.39, 0.29) is 29.4 Å². The van der Waals surface area contributed by atoms with E-state index < -0.39 is 15.8 Å². The Labute approximate surface area is 179 Å². The molecule has 1 N–H and O–H groups in total. The minimum Gasteiger partial charge on any atom is -0.464 e. The molecular formula is C22H23FN2O5S. The number of carbonyl (C=O) groups is 1. The van der Waals surface area contributed by atoms with Crippen molar-refractivity contribution >= 4 is 32.6 Å². The van der Waals surface area contributed by atoms with Crippen LogP contribution < -0.4 is 5.32 Å². The molecule has 0 spiro atoms. The molecule has 0 aliphatic carbocycles. The zero-order chi connectivity index (χ0) is 22.2. The standard InChI is InChI=1S/C22H23FN2O5S/c1-14-11-25(12-15(2)30-14)31(27,28)19-6-4-18(5-7-19)24-22(26)9-16-13-29-21-8-3-17(23)10-20(16)21/h3-8,10,13-15H,9,11-12H2,1-2H3,(H,24,26). The molecule has 9 heteroatoms. The van der Waals surface area contributed by atoms with Crippen molar-refractivity contribution in [2.24, 2.45) is 0 Å². The summed E-state index contributed by atoms with van der Waals surface area (Å²) in [6, 6.07) is 10.2. The molecule has 7 nitrogen and oxygen atoms in total. The Morgan fingerprint density at radius 3 is 2.48 bits per heavy atom. The van der Waals surface area contributed by atoms with E-state index >= 15 is 0 Å². The summed E-state index contributed by atoms with van der Waals surface area (Å²) in [7, 11) is -3.65. The molecule has 0 bridgehead atoms. The van der Waals surface area contributed by atoms with E-state index in [1.807, 2.05) is 13.8 Å². The summed E-state index contributed by atoms with van der Waals surface area (Å²) in [5, 5.41) is 3.28. The van der Waals surface area contributed by atoms with Crippen LogP contribution in [0.4, 0.5) is 10.1 Å². The van der Waals surface area contributed by atoms with Crippen molar-refractivity contribution in [2.45, 2.75) is 37.4 Å². The van der Waals surface area contributed by atoms with E-state index in [0.717, 1.165) is 0 Å². The van der Waals surface area contributed by atoms with Crippen LogP contribution in [-0.2, 0) is 26.0 Å². The average molecular weight is 447 g/mol. The lowest BCUT2D eigenvalue weighted by Gasteiger charge is -2.34. The second-order valence-electron chi connectivity index (χ2n) is 7.73. The number of hydrogen-bond donors (Lipinski definition) is 1. The van der Waals surface area contributed by atoms with E-state index in [4.69, 9.17) is 9.15 Å². The molecule has 3 aromatic rings. The molecule has 1 fully saturated rings. The van der Waals surface area contributed by atoms with Crippen molar-refractivity contribution in [1.82, 2.24) is 4.31 Å². The van der Waals surface area contributed by atoms with E-state index in [9.17, 15) is 17.6 Å². The first kappa shape index (κ1) is 21.5. The van der Waals surface area contributed by atoms with Crippen LogP contribution in [-0.4, -0.2) is 43.9 Å². The van der Waals surface area contributed by atoms with Crippen LogP contribution in [0.15, 0.2) is 58.0 Å². The number of nitrogens with zero attached hydrogens (tertiary/aromatic N) is 1. The number of benzene rings is 2. The Morgan fingerprint density at radius 1 is 1.13 bits per heavy atom. The van der Waals surface area contributed by atoms with Crippen LogP contribution in [0, 0.1) is 5.82 Å². The van der Waals surface area contributed by atoms with Gasteiger partial charge in [0.25, 0.3) is 0 Å². The maximum absolute atomic E-state index is 13.5. The molecule has 164 valence electrons. The SMILES string of the molecule is CC1CN(S(=O)(=O)c2ccc(NC(=O)Cc3coc4ccc(F)cc34)cc2)CC(C)O1. The summed E-state index contributed by atoms with van der Waals surface area (Å²) >= 11 is 0. The number of halogens is 1. The second kappa shape index (κ2) is 8.41. The highest BCUT2D eigenvalue weighted by Crippen LogP contribution is 2.24. The number of furan rings is 1. The lowest BCUT2D eigenvalue weighted by molar-refractivity contribution is -0.115. The summed E-state index contributed by atoms with van der Waals surface area (Å²) in [6.45, 7) is 4.28. The number of ether oxygens (including phenoxy) is 1. The highest BCUT2D eigenvalue weighted by molar-refractivity contribution is 7.89. The summed E-state index contributed by atoms with van der Waals surface area (Å²) in [5.74, 6) is -0.727. The molecule has 0 saturated carbocycles. The van der Waals surface area contributed by atoms with Crippen LogP contribution >= 0.6 is 0 Å². The Hall–Kier alpha value is -2.75. The van der Waals surface area contributed by atoms with Gasteiger partial charge in [0.05, 0.1) is 29.8 Å². The highest BCUT2D eigenvalue weighted by atomic mass is 32.2. The molecule has 1 aliphatic heterocycles. The Kier molecular flexibility index (Phi) is 5.83. The van der Waals surface area contributed by atoms with Gasteiger partial charge in [0.1, 0.15) is 11.4 Å². The monoisotopic (exact) mass is 446 g/mol. The van der Waals surface area contributed by atoms with Gasteiger partial charge in [-0.25, -0.2) is 12.8 Å². The summed E-state index contributed by atoms with van der Waals surface area (Å²) in [5.41, 5.74) is 1.54. The maximum atomic E-state index is 13.5. The Bertz CT molecular complexity index is 1200. The fourth-order valence-corrected chi connectivity index (χ4v) is 5.35. The molecule has 2 heterocycles. The third-order valence-corrected chi connectivity index (χ3v) is 6.97. The van der Waals surface area contributed by atoms with Crippen LogP contribution in [0.25, 0.3) is 11.0 Å². The molecule has 4 rings (SSSR count). The normalized spacial score (nSPS) is 20.1. The molecular weight excluding hydrogens is 423 g/mol. The number of amides is 1. The van der Waals surface area contributed by atoms with Gasteiger partial charge in [0.2, 0.25) is 15.9 Å². The van der Waals surface area contributed by atoms with Gasteiger partial charge in [0.15, 0.2) is 0 Å². The van der Waals surface area contributed by atoms with Gasteiger partial charge in [-0.3, -0.25) is 4.79 Å². The molecule has 1 amide bonds. The topological polar surface area (TPSA) is 88.9 Å². The minimum absolute atomic E-state index is 0.0000575. The van der Waals surface area contributed by atoms with Crippen molar-refractivity contribution in [2.75, 3.05) is 18.4 Å². The van der Waals surface area contributed by atoms with Gasteiger partial charge in [-0.2, -0.15) is 4.31 Å². The lowest BCUT2D eigenvalue weighted by Crippen LogP contribution is -2.48. The predicted octanol–water partition coefficient (Wildman–Crippen LogP) is 3.55. The van der Waals surface area contributed by atoms with Gasteiger partial charge in [-0.05, 0) is 56.3 Å². The van der Waals surface area contributed by atoms with E-state index in [1.54, 1.807) is 12.1 Å². The summed E-state index contributed by atoms with van der Waals surface area (Å²) < 4.78 is 51.7. The van der Waals surface area contributed by atoms with Crippen LogP contribution in [0.1, 0.15) is 19.4 Å². The van der Waals surface area contributed by atoms with E-state index in [1.165, 1.54) is 40.9 Å². The van der Waals surface area contributed by atoms with Gasteiger partial charge < -0.3 is 14.5 Å². The molecule has 2 aromatic carbocycles. The van der Waals surface area contributed by atoms with Crippen molar-refractivity contribution < 1.29 is 26.8 Å². The third-order valence-electron chi connectivity index (χ3n) is 5.13. The number of nitrogens with one attached hydrogen (secondary N) is 1. The second-order valence-corrected chi connectivity index (χ2v) is 9.67. The first-order chi connectivity index (χ1) is 14.7. The van der Waals surface area contributed by atoms with E-state index in [0.29, 0.717) is 35.3 Å². The van der Waals surface area contributed by atoms with Crippen molar-refractivity contribution in [3.05, 3.63) is 60.1 Å². The number of rotatable bonds is 5. The zero-order valence-corrected chi connectivity index (χ0v) is 18.0. The van der Waals surface area contributed by atoms with Crippen molar-refractivity contribution in [3.63, 3.8) is 0 Å². The third kappa shape index (κ3) is 4.63. The average Bonchev–Trinajstić information content (AvgIpc) is 3.09. The number of carbonyl (C=O) groups excluding carboxylic acids is 1. The fraction of sp³-hybridized carbons (Fsp3) is 0.318. The largest absolute Gasteiger partial charge is 0.464 e. The van der Waals surface area contributed by atoms with Gasteiger partial charge in [-0.1, -0.05) is 0 Å². The fourth-order valence-electron chi connectivity index (χ4n) is 3.76. The van der Waals surface area contributed by atoms with Gasteiger partial charge in [-0.15, -0.1) is 0 Å². The molecule has 2 unspecified atom stereocenters. The van der Waals surface area contributed by atoms with Crippen molar-refractivity contribution in [3.8, 4) is 0 Å².